The molecule has 3 heterocycles. The number of aliphatic hydroxyl groups excluding tert-OH is 3. The average molecular weight is 1530 g/mol. The second-order valence-corrected chi connectivity index (χ2v) is 32.7. The summed E-state index contributed by atoms with van der Waals surface area (Å²) in [5.41, 5.74) is 16.5. The molecule has 8 aliphatic rings. The first-order valence-electron chi connectivity index (χ1n) is 41.3. The van der Waals surface area contributed by atoms with E-state index in [0.29, 0.717) is 61.3 Å². The Balaban J connectivity index is 0.000000128. The number of carbonyl (C=O) groups is 3. The number of hydrogen-bond acceptors (Lipinski definition) is 9. The Kier molecular flexibility index (Phi) is 23.5. The summed E-state index contributed by atoms with van der Waals surface area (Å²) >= 11 is 0. The topological polar surface area (TPSA) is 201 Å². The third-order valence-corrected chi connectivity index (χ3v) is 25.3. The lowest BCUT2D eigenvalue weighted by Gasteiger charge is -2.27. The molecule has 0 radical (unpaired) electrons. The van der Waals surface area contributed by atoms with Crippen molar-refractivity contribution in [1.29, 1.82) is 0 Å². The molecule has 6 N–H and O–H groups in total. The minimum absolute atomic E-state index is 0.0592. The fourth-order valence-electron chi connectivity index (χ4n) is 19.7. The van der Waals surface area contributed by atoms with E-state index in [0.717, 1.165) is 182 Å². The lowest BCUT2D eigenvalue weighted by atomic mass is 9.89. The van der Waals surface area contributed by atoms with Crippen LogP contribution in [0.25, 0.3) is 5.69 Å². The van der Waals surface area contributed by atoms with Crippen molar-refractivity contribution >= 4 is 17.7 Å². The highest BCUT2D eigenvalue weighted by atomic mass is 19.1. The van der Waals surface area contributed by atoms with Gasteiger partial charge in [0.25, 0.3) is 17.7 Å². The first kappa shape index (κ1) is 77.1. The largest absolute Gasteiger partial charge is 0.390 e. The van der Waals surface area contributed by atoms with E-state index in [9.17, 15) is 47.3 Å². The number of fused-ring (bicyclic) bond motifs is 6. The van der Waals surface area contributed by atoms with Crippen molar-refractivity contribution in [1.82, 2.24) is 45.3 Å². The van der Waals surface area contributed by atoms with Gasteiger partial charge >= 0.3 is 0 Å². The fourth-order valence-corrected chi connectivity index (χ4v) is 19.7. The van der Waals surface area contributed by atoms with Gasteiger partial charge in [-0.2, -0.15) is 15.3 Å². The van der Waals surface area contributed by atoms with Crippen LogP contribution in [0.15, 0.2) is 164 Å². The van der Waals surface area contributed by atoms with E-state index in [1.807, 2.05) is 97.1 Å². The molecule has 18 rings (SSSR count). The second-order valence-electron chi connectivity index (χ2n) is 32.7. The van der Waals surface area contributed by atoms with Gasteiger partial charge in [0.1, 0.15) is 29.0 Å². The van der Waals surface area contributed by atoms with Crippen molar-refractivity contribution in [3.63, 3.8) is 0 Å². The summed E-state index contributed by atoms with van der Waals surface area (Å²) < 4.78 is 75.5. The molecule has 15 nitrogen and oxygen atoms in total. The first-order chi connectivity index (χ1) is 55.0. The number of nitrogens with zero attached hydrogens (tertiary/aromatic N) is 6. The summed E-state index contributed by atoms with van der Waals surface area (Å²) in [7, 11) is 0. The van der Waals surface area contributed by atoms with Crippen LogP contribution in [-0.4, -0.2) is 80.7 Å². The van der Waals surface area contributed by atoms with Gasteiger partial charge in [-0.3, -0.25) is 23.7 Å². The predicted octanol–water partition coefficient (Wildman–Crippen LogP) is 17.7. The summed E-state index contributed by atoms with van der Waals surface area (Å²) in [5, 5.41) is 56.2. The fraction of sp³-hybridized carbons (Fsp3) is 0.419. The quantitative estimate of drug-likeness (QED) is 0.0427. The highest BCUT2D eigenvalue weighted by Gasteiger charge is 2.41. The van der Waals surface area contributed by atoms with Crippen LogP contribution in [0.3, 0.4) is 0 Å². The molecular weight excluding hydrogens is 1430 g/mol. The van der Waals surface area contributed by atoms with E-state index in [1.165, 1.54) is 103 Å². The first-order valence-corrected chi connectivity index (χ1v) is 41.3. The number of aliphatic hydroxyl groups is 3. The van der Waals surface area contributed by atoms with Gasteiger partial charge in [-0.15, -0.1) is 0 Å². The number of benzene rings is 7. The maximum atomic E-state index is 15.1. The Morgan fingerprint density at radius 1 is 0.363 bits per heavy atom. The van der Waals surface area contributed by atoms with Gasteiger partial charge in [-0.05, 0) is 201 Å². The predicted molar refractivity (Wildman–Crippen MR) is 422 cm³/mol. The summed E-state index contributed by atoms with van der Waals surface area (Å²) in [6.45, 7) is 0. The summed E-state index contributed by atoms with van der Waals surface area (Å²) in [6.07, 6.45) is 24.4. The van der Waals surface area contributed by atoms with Crippen LogP contribution in [0.5, 0.6) is 0 Å². The minimum Gasteiger partial charge on any atom is -0.390 e. The molecule has 20 heteroatoms. The Labute approximate surface area is 656 Å². The Morgan fingerprint density at radius 3 is 1.04 bits per heavy atom. The molecule has 2 saturated carbocycles. The number of aromatic nitrogens is 6. The van der Waals surface area contributed by atoms with Gasteiger partial charge in [0.2, 0.25) is 0 Å². The SMILES string of the molecule is O=C(N[C@@H]1c2ccccc2C[C@@H]1O)c1nn(-c2ccc(F)cc2F)c2c1CCCCC2Cc1ccc(F)cc1.O=C(N[C@@H]1c2ccccc2C[C@@H]1O)c1nn(C2CCCCC2)c2c1CCCC[C@@H]2Cc1ccc(F)cc1.O=C(N[C@@H]1c2ccccc2C[C@@H]1O)c1nn(C2CCCCC2)c2c1CCCC[C@H]2Cc1ccc(F)cc1. The molecule has 2 fully saturated rings. The maximum absolute atomic E-state index is 15.1. The van der Waals surface area contributed by atoms with Crippen molar-refractivity contribution in [3.8, 4) is 5.69 Å². The third-order valence-electron chi connectivity index (χ3n) is 25.3. The van der Waals surface area contributed by atoms with Crippen LogP contribution < -0.4 is 16.0 Å². The van der Waals surface area contributed by atoms with Crippen LogP contribution in [0.2, 0.25) is 0 Å². The molecule has 0 aliphatic heterocycles. The number of halogens is 5. The van der Waals surface area contributed by atoms with E-state index in [2.05, 4.69) is 30.4 Å². The van der Waals surface area contributed by atoms with Gasteiger partial charge in [0.15, 0.2) is 22.9 Å². The molecule has 1 unspecified atom stereocenters. The van der Waals surface area contributed by atoms with Crippen molar-refractivity contribution in [3.05, 3.63) is 294 Å². The van der Waals surface area contributed by atoms with Crippen LogP contribution in [-0.2, 0) is 57.8 Å². The number of amides is 3. The van der Waals surface area contributed by atoms with Gasteiger partial charge in [0.05, 0.1) is 54.2 Å². The molecule has 113 heavy (non-hydrogen) atoms. The molecule has 3 amide bonds. The van der Waals surface area contributed by atoms with Gasteiger partial charge in [0, 0.05) is 71.2 Å². The second kappa shape index (κ2) is 34.4. The molecule has 0 spiro atoms. The van der Waals surface area contributed by atoms with E-state index in [1.54, 1.807) is 12.1 Å². The standard InChI is InChI=1S/C31H28F3N3O2.2C31H36FN3O2/c32-21-11-9-18(10-12-21)15-20-6-2-4-8-24-29(36-37(30(20)24)26-14-13-22(33)17-25(26)34)31(39)35-28-23-7-3-1-5-19(23)16-27(28)38;2*32-23-16-14-20(15-17-23)18-22-9-5-7-13-26-29(34-35(30(22)26)24-10-2-1-3-11-24)31(37)33-28-25-12-6-4-8-21(25)19-27(28)36/h1,3,5,7,9-14,17,20,27-28,38H,2,4,6,8,15-16H2,(H,35,39);2*4,6,8,12,14-17,22,24,27-28,36H,1-3,5,7,9-11,13,18-19H2,(H,33,37)/t20?,27-,28+;22-,27+,28-;22-,27-,28+/m010/s1. The summed E-state index contributed by atoms with van der Waals surface area (Å²) in [4.78, 5) is 41.3. The van der Waals surface area contributed by atoms with Crippen LogP contribution in [0.4, 0.5) is 22.0 Å². The maximum Gasteiger partial charge on any atom is 0.272 e. The smallest absolute Gasteiger partial charge is 0.272 e. The highest BCUT2D eigenvalue weighted by molar-refractivity contribution is 5.96. The zero-order valence-electron chi connectivity index (χ0n) is 63.9. The van der Waals surface area contributed by atoms with Crippen molar-refractivity contribution in [2.24, 2.45) is 0 Å². The lowest BCUT2D eigenvalue weighted by Crippen LogP contribution is -2.34. The molecular formula is C93H100F5N9O6. The van der Waals surface area contributed by atoms with E-state index >= 15 is 4.39 Å². The number of hydrogen-bond donors (Lipinski definition) is 6. The monoisotopic (exact) mass is 1530 g/mol. The lowest BCUT2D eigenvalue weighted by molar-refractivity contribution is 0.0846. The normalized spacial score (nSPS) is 22.6. The molecule has 0 saturated heterocycles. The number of carbonyl (C=O) groups excluding carboxylic acids is 3. The molecule has 10 aromatic rings. The van der Waals surface area contributed by atoms with Crippen molar-refractivity contribution in [2.75, 3.05) is 0 Å². The third kappa shape index (κ3) is 16.8. The van der Waals surface area contributed by atoms with Crippen LogP contribution in [0.1, 0.15) is 285 Å². The number of rotatable bonds is 15. The molecule has 588 valence electrons. The van der Waals surface area contributed by atoms with E-state index < -0.39 is 54.0 Å². The average Bonchev–Trinajstić information content (AvgIpc) is 1.63. The Hall–Kier alpha value is -9.89. The zero-order chi connectivity index (χ0) is 77.8. The van der Waals surface area contributed by atoms with Crippen molar-refractivity contribution in [2.45, 2.75) is 246 Å². The molecule has 0 bridgehead atoms. The summed E-state index contributed by atoms with van der Waals surface area (Å²) in [6, 6.07) is 46.0. The van der Waals surface area contributed by atoms with E-state index in [-0.39, 0.29) is 58.4 Å². The Bertz CT molecular complexity index is 4850. The molecule has 7 aromatic carbocycles. The zero-order valence-corrected chi connectivity index (χ0v) is 63.9. The van der Waals surface area contributed by atoms with Gasteiger partial charge in [-0.1, -0.05) is 167 Å². The van der Waals surface area contributed by atoms with E-state index in [4.69, 9.17) is 10.2 Å². The van der Waals surface area contributed by atoms with Crippen molar-refractivity contribution < 1.29 is 51.7 Å². The summed E-state index contributed by atoms with van der Waals surface area (Å²) in [5.74, 6) is -2.69. The number of nitrogens with one attached hydrogen (secondary N) is 3. The van der Waals surface area contributed by atoms with Crippen LogP contribution >= 0.6 is 0 Å². The van der Waals surface area contributed by atoms with Crippen LogP contribution in [0, 0.1) is 29.1 Å². The van der Waals surface area contributed by atoms with Gasteiger partial charge < -0.3 is 31.3 Å². The molecule has 8 aliphatic carbocycles. The molecule has 3 aromatic heterocycles. The van der Waals surface area contributed by atoms with Gasteiger partial charge in [-0.25, -0.2) is 26.6 Å². The highest BCUT2D eigenvalue weighted by Crippen LogP contribution is 2.45. The molecule has 9 atom stereocenters. The Morgan fingerprint density at radius 2 is 0.681 bits per heavy atom. The minimum atomic E-state index is -0.780.